The molecule has 1 atom stereocenters. The molecule has 0 fully saturated rings. The van der Waals surface area contributed by atoms with Gasteiger partial charge in [0.25, 0.3) is 0 Å². The molecule has 96 valence electrons. The monoisotopic (exact) mass is 252 g/mol. The van der Waals surface area contributed by atoms with Crippen molar-refractivity contribution in [2.75, 3.05) is 0 Å². The molecule has 0 bridgehead atoms. The van der Waals surface area contributed by atoms with E-state index in [2.05, 4.69) is 13.0 Å². The third-order valence-corrected chi connectivity index (χ3v) is 3.77. The van der Waals surface area contributed by atoms with Crippen LogP contribution in [0.15, 0.2) is 42.5 Å². The summed E-state index contributed by atoms with van der Waals surface area (Å²) in [5.74, 6) is -0.198. The third kappa shape index (κ3) is 2.03. The van der Waals surface area contributed by atoms with Crippen LogP contribution >= 0.6 is 0 Å². The summed E-state index contributed by atoms with van der Waals surface area (Å²) in [6, 6.07) is 14.0. The topological polar surface area (TPSA) is 26.3 Å². The highest BCUT2D eigenvalue weighted by molar-refractivity contribution is 5.94. The number of esters is 1. The number of rotatable bonds is 1. The minimum atomic E-state index is -0.198. The summed E-state index contributed by atoms with van der Waals surface area (Å²) in [6.45, 7) is 4.02. The van der Waals surface area contributed by atoms with E-state index in [1.54, 1.807) is 0 Å². The molecular formula is C17H16O2. The second kappa shape index (κ2) is 4.54. The molecule has 0 N–H and O–H groups in total. The maximum absolute atomic E-state index is 12.2. The van der Waals surface area contributed by atoms with Crippen LogP contribution in [0.25, 0.3) is 0 Å². The van der Waals surface area contributed by atoms with Crippen molar-refractivity contribution in [2.24, 2.45) is 0 Å². The Morgan fingerprint density at radius 3 is 2.42 bits per heavy atom. The second-order valence-electron chi connectivity index (χ2n) is 5.06. The number of fused-ring (bicyclic) bond motifs is 1. The molecule has 1 heterocycles. The van der Waals surface area contributed by atoms with Gasteiger partial charge in [-0.25, -0.2) is 4.79 Å². The fourth-order valence-corrected chi connectivity index (χ4v) is 2.69. The fraction of sp³-hybridized carbons (Fsp3) is 0.235. The molecule has 0 radical (unpaired) electrons. The number of cyclic esters (lactones) is 1. The Morgan fingerprint density at radius 2 is 1.68 bits per heavy atom. The van der Waals surface area contributed by atoms with Gasteiger partial charge in [-0.1, -0.05) is 42.5 Å². The van der Waals surface area contributed by atoms with Gasteiger partial charge in [0.1, 0.15) is 6.10 Å². The van der Waals surface area contributed by atoms with Crippen LogP contribution < -0.4 is 0 Å². The Kier molecular flexibility index (Phi) is 2.86. The smallest absolute Gasteiger partial charge is 0.339 e. The molecule has 2 aromatic rings. The number of ether oxygens (including phenoxy) is 1. The summed E-state index contributed by atoms with van der Waals surface area (Å²) in [5, 5.41) is 0. The van der Waals surface area contributed by atoms with Gasteiger partial charge in [0.2, 0.25) is 0 Å². The first-order chi connectivity index (χ1) is 9.16. The zero-order valence-corrected chi connectivity index (χ0v) is 11.1. The van der Waals surface area contributed by atoms with Crippen LogP contribution in [0, 0.1) is 13.8 Å². The van der Waals surface area contributed by atoms with Gasteiger partial charge in [-0.05, 0) is 36.1 Å². The average Bonchev–Trinajstić information content (AvgIpc) is 2.43. The predicted molar refractivity (Wildman–Crippen MR) is 74.2 cm³/mol. The van der Waals surface area contributed by atoms with Gasteiger partial charge in [0, 0.05) is 6.42 Å². The van der Waals surface area contributed by atoms with E-state index in [1.165, 1.54) is 0 Å². The molecule has 0 aromatic heterocycles. The zero-order chi connectivity index (χ0) is 13.4. The van der Waals surface area contributed by atoms with E-state index in [1.807, 2.05) is 43.3 Å². The van der Waals surface area contributed by atoms with Crippen molar-refractivity contribution in [1.82, 2.24) is 0 Å². The molecule has 0 amide bonds. The lowest BCUT2D eigenvalue weighted by molar-refractivity contribution is 0.0251. The van der Waals surface area contributed by atoms with Crippen LogP contribution in [0.4, 0.5) is 0 Å². The Balaban J connectivity index is 2.05. The highest BCUT2D eigenvalue weighted by Crippen LogP contribution is 2.33. The molecule has 1 aliphatic heterocycles. The van der Waals surface area contributed by atoms with Gasteiger partial charge in [0.15, 0.2) is 0 Å². The average molecular weight is 252 g/mol. The second-order valence-corrected chi connectivity index (χ2v) is 5.06. The molecule has 0 saturated carbocycles. The molecular weight excluding hydrogens is 236 g/mol. The van der Waals surface area contributed by atoms with E-state index in [0.29, 0.717) is 0 Å². The first kappa shape index (κ1) is 12.0. The van der Waals surface area contributed by atoms with Crippen molar-refractivity contribution in [2.45, 2.75) is 26.4 Å². The molecule has 19 heavy (non-hydrogen) atoms. The van der Waals surface area contributed by atoms with Crippen molar-refractivity contribution in [3.63, 3.8) is 0 Å². The number of aryl methyl sites for hydroxylation is 2. The van der Waals surface area contributed by atoms with Crippen LogP contribution in [0.1, 0.15) is 38.7 Å². The summed E-state index contributed by atoms with van der Waals surface area (Å²) >= 11 is 0. The van der Waals surface area contributed by atoms with Gasteiger partial charge in [-0.2, -0.15) is 0 Å². The lowest BCUT2D eigenvalue weighted by atomic mass is 9.89. The van der Waals surface area contributed by atoms with E-state index in [0.717, 1.165) is 34.2 Å². The SMILES string of the molecule is Cc1ccc(C)c2c1CC(c1ccccc1)OC2=O. The number of hydrogen-bond acceptors (Lipinski definition) is 2. The number of carbonyl (C=O) groups excluding carboxylic acids is 1. The van der Waals surface area contributed by atoms with Crippen LogP contribution in [0.2, 0.25) is 0 Å². The number of carbonyl (C=O) groups is 1. The van der Waals surface area contributed by atoms with Crippen molar-refractivity contribution in [3.8, 4) is 0 Å². The lowest BCUT2D eigenvalue weighted by Crippen LogP contribution is -2.23. The molecule has 2 aromatic carbocycles. The summed E-state index contributed by atoms with van der Waals surface area (Å²) in [6.07, 6.45) is 0.597. The summed E-state index contributed by atoms with van der Waals surface area (Å²) < 4.78 is 5.60. The van der Waals surface area contributed by atoms with Gasteiger partial charge < -0.3 is 4.74 Å². The Bertz CT molecular complexity index is 629. The minimum Gasteiger partial charge on any atom is -0.454 e. The molecule has 1 unspecified atom stereocenters. The van der Waals surface area contributed by atoms with Crippen molar-refractivity contribution in [3.05, 3.63) is 70.3 Å². The maximum Gasteiger partial charge on any atom is 0.339 e. The molecule has 0 saturated heterocycles. The first-order valence-electron chi connectivity index (χ1n) is 6.52. The molecule has 2 nitrogen and oxygen atoms in total. The van der Waals surface area contributed by atoms with E-state index in [-0.39, 0.29) is 12.1 Å². The Hall–Kier alpha value is -2.09. The van der Waals surface area contributed by atoms with Gasteiger partial charge in [-0.3, -0.25) is 0 Å². The van der Waals surface area contributed by atoms with Crippen LogP contribution in [-0.2, 0) is 11.2 Å². The lowest BCUT2D eigenvalue weighted by Gasteiger charge is -2.27. The fourth-order valence-electron chi connectivity index (χ4n) is 2.69. The maximum atomic E-state index is 12.2. The van der Waals surface area contributed by atoms with Gasteiger partial charge in [0.05, 0.1) is 5.56 Å². The highest BCUT2D eigenvalue weighted by atomic mass is 16.5. The predicted octanol–water partition coefficient (Wildman–Crippen LogP) is 3.76. The van der Waals surface area contributed by atoms with E-state index in [4.69, 9.17) is 4.74 Å². The van der Waals surface area contributed by atoms with Gasteiger partial charge in [-0.15, -0.1) is 0 Å². The quantitative estimate of drug-likeness (QED) is 0.722. The van der Waals surface area contributed by atoms with Crippen LogP contribution in [0.3, 0.4) is 0 Å². The standard InChI is InChI=1S/C17H16O2/c1-11-8-9-12(2)16-14(11)10-15(19-17(16)18)13-6-4-3-5-7-13/h3-9,15H,10H2,1-2H3. The van der Waals surface area contributed by atoms with Crippen molar-refractivity contribution < 1.29 is 9.53 Å². The molecule has 0 spiro atoms. The largest absolute Gasteiger partial charge is 0.454 e. The van der Waals surface area contributed by atoms with E-state index < -0.39 is 0 Å². The molecule has 0 aliphatic carbocycles. The van der Waals surface area contributed by atoms with Crippen LogP contribution in [0.5, 0.6) is 0 Å². The molecule has 1 aliphatic rings. The number of hydrogen-bond donors (Lipinski definition) is 0. The Labute approximate surface area is 113 Å². The van der Waals surface area contributed by atoms with Crippen molar-refractivity contribution >= 4 is 5.97 Å². The first-order valence-corrected chi connectivity index (χ1v) is 6.52. The zero-order valence-electron chi connectivity index (χ0n) is 11.1. The molecule has 3 rings (SSSR count). The van der Waals surface area contributed by atoms with Crippen LogP contribution in [-0.4, -0.2) is 5.97 Å². The van der Waals surface area contributed by atoms with Gasteiger partial charge >= 0.3 is 5.97 Å². The summed E-state index contributed by atoms with van der Waals surface area (Å²) in [7, 11) is 0. The summed E-state index contributed by atoms with van der Waals surface area (Å²) in [5.41, 5.74) is 5.11. The third-order valence-electron chi connectivity index (χ3n) is 3.77. The minimum absolute atomic E-state index is 0.165. The van der Waals surface area contributed by atoms with E-state index >= 15 is 0 Å². The molecule has 2 heteroatoms. The van der Waals surface area contributed by atoms with Crippen molar-refractivity contribution in [1.29, 1.82) is 0 Å². The number of benzene rings is 2. The normalized spacial score (nSPS) is 17.8. The highest BCUT2D eigenvalue weighted by Gasteiger charge is 2.29. The summed E-state index contributed by atoms with van der Waals surface area (Å²) in [4.78, 5) is 12.2. The van der Waals surface area contributed by atoms with E-state index in [9.17, 15) is 4.79 Å². The Morgan fingerprint density at radius 1 is 1.00 bits per heavy atom.